The van der Waals surface area contributed by atoms with Gasteiger partial charge >= 0.3 is 0 Å². The standard InChI is InChI=1S/C21H23F2N3O2/c22-21(23)7-10-26(11-8-21)19(15-6-12-28-14-15)13-25-20(27)17-3-1-5-18-16(17)4-2-9-24-18/h1-6,9,12,15,19H,7-8,10-11,13-14H2,(H,25,27). The normalized spacial score (nSPS) is 22.7. The van der Waals surface area contributed by atoms with Gasteiger partial charge in [-0.05, 0) is 24.3 Å². The number of nitrogens with zero attached hydrogens (tertiary/aromatic N) is 2. The zero-order valence-electron chi connectivity index (χ0n) is 15.5. The number of carbonyl (C=O) groups is 1. The first kappa shape index (κ1) is 18.8. The van der Waals surface area contributed by atoms with E-state index in [0.29, 0.717) is 31.8 Å². The smallest absolute Gasteiger partial charge is 0.252 e. The number of piperidine rings is 1. The summed E-state index contributed by atoms with van der Waals surface area (Å²) in [6, 6.07) is 9.04. The number of alkyl halides is 2. The van der Waals surface area contributed by atoms with Gasteiger partial charge in [-0.1, -0.05) is 12.1 Å². The van der Waals surface area contributed by atoms with Gasteiger partial charge in [0.25, 0.3) is 11.8 Å². The second kappa shape index (κ2) is 7.83. The quantitative estimate of drug-likeness (QED) is 0.856. The van der Waals surface area contributed by atoms with E-state index < -0.39 is 5.92 Å². The first-order valence-corrected chi connectivity index (χ1v) is 9.56. The summed E-state index contributed by atoms with van der Waals surface area (Å²) in [6.07, 6.45) is 4.99. The summed E-state index contributed by atoms with van der Waals surface area (Å²) < 4.78 is 32.5. The van der Waals surface area contributed by atoms with Crippen molar-refractivity contribution in [1.82, 2.24) is 15.2 Å². The van der Waals surface area contributed by atoms with Gasteiger partial charge in [-0.3, -0.25) is 14.7 Å². The molecule has 2 atom stereocenters. The lowest BCUT2D eigenvalue weighted by molar-refractivity contribution is -0.0667. The van der Waals surface area contributed by atoms with Gasteiger partial charge in [-0.25, -0.2) is 8.78 Å². The van der Waals surface area contributed by atoms with Crippen LogP contribution in [0.2, 0.25) is 0 Å². The second-order valence-electron chi connectivity index (χ2n) is 7.37. The number of fused-ring (bicyclic) bond motifs is 1. The molecule has 0 spiro atoms. The molecule has 1 saturated heterocycles. The number of aromatic nitrogens is 1. The van der Waals surface area contributed by atoms with E-state index in [2.05, 4.69) is 10.3 Å². The summed E-state index contributed by atoms with van der Waals surface area (Å²) >= 11 is 0. The number of likely N-dealkylation sites (tertiary alicyclic amines) is 1. The largest absolute Gasteiger partial charge is 0.501 e. The zero-order chi connectivity index (χ0) is 19.6. The maximum Gasteiger partial charge on any atom is 0.252 e. The van der Waals surface area contributed by atoms with Crippen molar-refractivity contribution in [2.45, 2.75) is 24.8 Å². The minimum Gasteiger partial charge on any atom is -0.501 e. The van der Waals surface area contributed by atoms with Crippen molar-refractivity contribution in [2.75, 3.05) is 26.2 Å². The van der Waals surface area contributed by atoms with Crippen molar-refractivity contribution in [3.05, 3.63) is 54.4 Å². The Labute approximate surface area is 162 Å². The number of amides is 1. The third-order valence-corrected chi connectivity index (χ3v) is 5.57. The number of carbonyl (C=O) groups excluding carboxylic acids is 1. The predicted octanol–water partition coefficient (Wildman–Crippen LogP) is 3.22. The summed E-state index contributed by atoms with van der Waals surface area (Å²) in [5, 5.41) is 3.79. The lowest BCUT2D eigenvalue weighted by atomic mass is 9.96. The first-order chi connectivity index (χ1) is 13.5. The van der Waals surface area contributed by atoms with Crippen LogP contribution >= 0.6 is 0 Å². The summed E-state index contributed by atoms with van der Waals surface area (Å²) in [4.78, 5) is 19.2. The number of ether oxygens (including phenoxy) is 1. The highest BCUT2D eigenvalue weighted by Crippen LogP contribution is 2.30. The van der Waals surface area contributed by atoms with Crippen molar-refractivity contribution in [1.29, 1.82) is 0 Å². The van der Waals surface area contributed by atoms with Gasteiger partial charge in [0.1, 0.15) is 0 Å². The van der Waals surface area contributed by atoms with Crippen molar-refractivity contribution in [3.8, 4) is 0 Å². The van der Waals surface area contributed by atoms with Crippen molar-refractivity contribution in [3.63, 3.8) is 0 Å². The van der Waals surface area contributed by atoms with E-state index in [1.165, 1.54) is 0 Å². The number of hydrogen-bond donors (Lipinski definition) is 1. The fraction of sp³-hybridized carbons (Fsp3) is 0.429. The van der Waals surface area contributed by atoms with Crippen LogP contribution in [0, 0.1) is 5.92 Å². The molecule has 0 bridgehead atoms. The number of benzene rings is 1. The molecule has 2 aliphatic heterocycles. The maximum atomic E-state index is 13.6. The Morgan fingerprint density at radius 3 is 2.86 bits per heavy atom. The van der Waals surface area contributed by atoms with E-state index in [9.17, 15) is 13.6 Å². The van der Waals surface area contributed by atoms with Gasteiger partial charge in [0, 0.05) is 61.6 Å². The molecule has 2 aromatic rings. The summed E-state index contributed by atoms with van der Waals surface area (Å²) in [6.45, 7) is 1.51. The molecule has 5 nitrogen and oxygen atoms in total. The number of nitrogens with one attached hydrogen (secondary N) is 1. The zero-order valence-corrected chi connectivity index (χ0v) is 15.5. The highest BCUT2D eigenvalue weighted by molar-refractivity contribution is 6.06. The number of pyridine rings is 1. The Morgan fingerprint density at radius 2 is 2.11 bits per heavy atom. The highest BCUT2D eigenvalue weighted by Gasteiger charge is 2.38. The van der Waals surface area contributed by atoms with Gasteiger partial charge in [0.15, 0.2) is 0 Å². The Bertz CT molecular complexity index is 872. The second-order valence-corrected chi connectivity index (χ2v) is 7.37. The van der Waals surface area contributed by atoms with Crippen molar-refractivity contribution >= 4 is 16.8 Å². The summed E-state index contributed by atoms with van der Waals surface area (Å²) in [7, 11) is 0. The number of rotatable bonds is 5. The highest BCUT2D eigenvalue weighted by atomic mass is 19.3. The van der Waals surface area contributed by atoms with Crippen molar-refractivity contribution < 1.29 is 18.3 Å². The van der Waals surface area contributed by atoms with Crippen LogP contribution in [-0.2, 0) is 4.74 Å². The molecule has 148 valence electrons. The molecule has 7 heteroatoms. The molecule has 0 aliphatic carbocycles. The van der Waals surface area contributed by atoms with Gasteiger partial charge in [-0.15, -0.1) is 0 Å². The van der Waals surface area contributed by atoms with Crippen LogP contribution in [0.3, 0.4) is 0 Å². The Morgan fingerprint density at radius 1 is 1.29 bits per heavy atom. The average Bonchev–Trinajstić information content (AvgIpc) is 3.23. The Kier molecular flexibility index (Phi) is 5.26. The molecule has 2 unspecified atom stereocenters. The Balaban J connectivity index is 1.48. The third kappa shape index (κ3) is 3.99. The van der Waals surface area contributed by atoms with E-state index in [-0.39, 0.29) is 30.7 Å². The van der Waals surface area contributed by atoms with Crippen LogP contribution in [0.25, 0.3) is 10.9 Å². The average molecular weight is 387 g/mol. The molecule has 0 saturated carbocycles. The topological polar surface area (TPSA) is 54.5 Å². The third-order valence-electron chi connectivity index (χ3n) is 5.57. The van der Waals surface area contributed by atoms with Gasteiger partial charge in [0.2, 0.25) is 0 Å². The van der Waals surface area contributed by atoms with Crippen LogP contribution in [0.1, 0.15) is 23.2 Å². The molecule has 2 aliphatic rings. The van der Waals surface area contributed by atoms with E-state index in [0.717, 1.165) is 10.9 Å². The molecule has 1 aromatic carbocycles. The Hall–Kier alpha value is -2.54. The lowest BCUT2D eigenvalue weighted by Gasteiger charge is -2.39. The monoisotopic (exact) mass is 387 g/mol. The molecule has 28 heavy (non-hydrogen) atoms. The molecular formula is C21H23F2N3O2. The fourth-order valence-electron chi connectivity index (χ4n) is 3.95. The molecule has 4 rings (SSSR count). The molecule has 3 heterocycles. The number of hydrogen-bond acceptors (Lipinski definition) is 4. The SMILES string of the molecule is O=C(NCC(C1C=COC1)N1CCC(F)(F)CC1)c1cccc2ncccc12. The molecular weight excluding hydrogens is 364 g/mol. The van der Waals surface area contributed by atoms with Crippen LogP contribution in [0.4, 0.5) is 8.78 Å². The van der Waals surface area contributed by atoms with Crippen LogP contribution in [0.15, 0.2) is 48.9 Å². The molecule has 0 radical (unpaired) electrons. The molecule has 1 N–H and O–H groups in total. The van der Waals surface area contributed by atoms with Crippen LogP contribution < -0.4 is 5.32 Å². The molecule has 1 fully saturated rings. The lowest BCUT2D eigenvalue weighted by Crippen LogP contribution is -2.52. The first-order valence-electron chi connectivity index (χ1n) is 9.56. The molecule has 1 aromatic heterocycles. The van der Waals surface area contributed by atoms with Gasteiger partial charge < -0.3 is 10.1 Å². The van der Waals surface area contributed by atoms with Crippen LogP contribution in [0.5, 0.6) is 0 Å². The minimum atomic E-state index is -2.59. The fourth-order valence-corrected chi connectivity index (χ4v) is 3.95. The predicted molar refractivity (Wildman–Crippen MR) is 102 cm³/mol. The van der Waals surface area contributed by atoms with E-state index in [4.69, 9.17) is 4.74 Å². The van der Waals surface area contributed by atoms with Crippen LogP contribution in [-0.4, -0.2) is 54.0 Å². The van der Waals surface area contributed by atoms with E-state index in [1.54, 1.807) is 24.6 Å². The summed E-state index contributed by atoms with van der Waals surface area (Å²) in [5.41, 5.74) is 1.32. The van der Waals surface area contributed by atoms with Gasteiger partial charge in [0.05, 0.1) is 18.4 Å². The van der Waals surface area contributed by atoms with E-state index >= 15 is 0 Å². The number of halogens is 2. The van der Waals surface area contributed by atoms with Gasteiger partial charge in [-0.2, -0.15) is 0 Å². The molecule has 1 amide bonds. The summed E-state index contributed by atoms with van der Waals surface area (Å²) in [5.74, 6) is -2.71. The maximum absolute atomic E-state index is 13.6. The van der Waals surface area contributed by atoms with Crippen molar-refractivity contribution in [2.24, 2.45) is 5.92 Å². The minimum absolute atomic E-state index is 0.0706. The van der Waals surface area contributed by atoms with E-state index in [1.807, 2.05) is 29.2 Å².